The van der Waals surface area contributed by atoms with Crippen molar-refractivity contribution in [2.24, 2.45) is 0 Å². The molecule has 0 bridgehead atoms. The Morgan fingerprint density at radius 2 is 1.77 bits per heavy atom. The minimum absolute atomic E-state index is 0.374. The lowest BCUT2D eigenvalue weighted by atomic mass is 9.95. The molecule has 80 valence electrons. The summed E-state index contributed by atoms with van der Waals surface area (Å²) in [6.07, 6.45) is 7.29. The Morgan fingerprint density at radius 1 is 1.15 bits per heavy atom. The van der Waals surface area contributed by atoms with Gasteiger partial charge in [0.15, 0.2) is 0 Å². The zero-order valence-electron chi connectivity index (χ0n) is 9.65. The van der Waals surface area contributed by atoms with Crippen LogP contribution in [0, 0.1) is 0 Å². The maximum Gasteiger partial charge on any atom is 0.0148 e. The van der Waals surface area contributed by atoms with Gasteiger partial charge in [0.05, 0.1) is 0 Å². The fraction of sp³-hybridized carbons (Fsp3) is 1.00. The third-order valence-electron chi connectivity index (χ3n) is 2.89. The Kier molecular flexibility index (Phi) is 7.87. The molecule has 0 aliphatic carbocycles. The molecule has 1 N–H and O–H groups in total. The minimum atomic E-state index is 0.374. The SMILES string of the molecule is CCC(C)(CC)NCCCCSC. The summed E-state index contributed by atoms with van der Waals surface area (Å²) in [5.74, 6) is 1.30. The second-order valence-corrected chi connectivity index (χ2v) is 4.88. The predicted molar refractivity (Wildman–Crippen MR) is 64.6 cm³/mol. The second-order valence-electron chi connectivity index (χ2n) is 3.89. The molecule has 0 saturated heterocycles. The van der Waals surface area contributed by atoms with Gasteiger partial charge in [-0.25, -0.2) is 0 Å². The fourth-order valence-corrected chi connectivity index (χ4v) is 1.75. The van der Waals surface area contributed by atoms with Crippen LogP contribution in [0.4, 0.5) is 0 Å². The normalized spacial score (nSPS) is 12.0. The second kappa shape index (κ2) is 7.69. The Hall–Kier alpha value is 0.310. The molecule has 0 aliphatic rings. The van der Waals surface area contributed by atoms with E-state index in [9.17, 15) is 0 Å². The summed E-state index contributed by atoms with van der Waals surface area (Å²) in [4.78, 5) is 0. The van der Waals surface area contributed by atoms with Crippen LogP contribution in [0.2, 0.25) is 0 Å². The van der Waals surface area contributed by atoms with Crippen molar-refractivity contribution in [1.82, 2.24) is 5.32 Å². The first-order chi connectivity index (χ1) is 6.18. The molecule has 13 heavy (non-hydrogen) atoms. The molecular weight excluding hydrogens is 178 g/mol. The average molecular weight is 203 g/mol. The molecule has 0 aromatic heterocycles. The third kappa shape index (κ3) is 6.39. The molecule has 2 heteroatoms. The van der Waals surface area contributed by atoms with Crippen molar-refractivity contribution in [2.45, 2.75) is 52.0 Å². The van der Waals surface area contributed by atoms with E-state index in [1.807, 2.05) is 11.8 Å². The van der Waals surface area contributed by atoms with E-state index in [0.29, 0.717) is 5.54 Å². The average Bonchev–Trinajstić information content (AvgIpc) is 2.17. The lowest BCUT2D eigenvalue weighted by Crippen LogP contribution is -2.41. The van der Waals surface area contributed by atoms with E-state index in [2.05, 4.69) is 32.3 Å². The van der Waals surface area contributed by atoms with Crippen LogP contribution < -0.4 is 5.32 Å². The van der Waals surface area contributed by atoms with Gasteiger partial charge in [-0.3, -0.25) is 0 Å². The van der Waals surface area contributed by atoms with E-state index >= 15 is 0 Å². The topological polar surface area (TPSA) is 12.0 Å². The highest BCUT2D eigenvalue weighted by Crippen LogP contribution is 2.13. The molecule has 0 fully saturated rings. The molecule has 0 aliphatic heterocycles. The zero-order valence-corrected chi connectivity index (χ0v) is 10.5. The third-order valence-corrected chi connectivity index (χ3v) is 3.58. The monoisotopic (exact) mass is 203 g/mol. The maximum absolute atomic E-state index is 3.65. The summed E-state index contributed by atoms with van der Waals surface area (Å²) < 4.78 is 0. The van der Waals surface area contributed by atoms with E-state index < -0.39 is 0 Å². The summed E-state index contributed by atoms with van der Waals surface area (Å²) in [5, 5.41) is 3.65. The first-order valence-electron chi connectivity index (χ1n) is 5.42. The molecule has 0 rings (SSSR count). The molecule has 0 heterocycles. The molecule has 1 nitrogen and oxygen atoms in total. The van der Waals surface area contributed by atoms with Gasteiger partial charge in [0.25, 0.3) is 0 Å². The number of nitrogens with one attached hydrogen (secondary N) is 1. The van der Waals surface area contributed by atoms with Gasteiger partial charge >= 0.3 is 0 Å². The summed E-state index contributed by atoms with van der Waals surface area (Å²) in [7, 11) is 0. The molecule has 0 amide bonds. The van der Waals surface area contributed by atoms with Gasteiger partial charge < -0.3 is 5.32 Å². The van der Waals surface area contributed by atoms with Crippen molar-refractivity contribution in [3.8, 4) is 0 Å². The van der Waals surface area contributed by atoms with E-state index in [4.69, 9.17) is 0 Å². The van der Waals surface area contributed by atoms with Crippen LogP contribution in [0.1, 0.15) is 46.5 Å². The van der Waals surface area contributed by atoms with Crippen molar-refractivity contribution in [1.29, 1.82) is 0 Å². The van der Waals surface area contributed by atoms with Crippen molar-refractivity contribution < 1.29 is 0 Å². The Morgan fingerprint density at radius 3 is 2.23 bits per heavy atom. The Balaban J connectivity index is 3.39. The van der Waals surface area contributed by atoms with Crippen LogP contribution in [0.25, 0.3) is 0 Å². The minimum Gasteiger partial charge on any atom is -0.312 e. The van der Waals surface area contributed by atoms with Crippen LogP contribution in [0.5, 0.6) is 0 Å². The zero-order chi connectivity index (χ0) is 10.2. The van der Waals surface area contributed by atoms with Crippen molar-refractivity contribution in [2.75, 3.05) is 18.6 Å². The summed E-state index contributed by atoms with van der Waals surface area (Å²) in [6, 6.07) is 0. The first kappa shape index (κ1) is 13.3. The molecule has 0 saturated carbocycles. The van der Waals surface area contributed by atoms with Crippen molar-refractivity contribution >= 4 is 11.8 Å². The Bertz CT molecular complexity index is 111. The van der Waals surface area contributed by atoms with Crippen LogP contribution in [0.15, 0.2) is 0 Å². The highest BCUT2D eigenvalue weighted by atomic mass is 32.2. The van der Waals surface area contributed by atoms with Gasteiger partial charge in [0.2, 0.25) is 0 Å². The number of hydrogen-bond donors (Lipinski definition) is 1. The standard InChI is InChI=1S/C11H25NS/c1-5-11(3,6-2)12-9-7-8-10-13-4/h12H,5-10H2,1-4H3. The largest absolute Gasteiger partial charge is 0.312 e. The number of rotatable bonds is 8. The van der Waals surface area contributed by atoms with E-state index in [1.54, 1.807) is 0 Å². The summed E-state index contributed by atoms with van der Waals surface area (Å²) in [5.41, 5.74) is 0.374. The van der Waals surface area contributed by atoms with Gasteiger partial charge in [0.1, 0.15) is 0 Å². The summed E-state index contributed by atoms with van der Waals surface area (Å²) >= 11 is 1.94. The van der Waals surface area contributed by atoms with Crippen LogP contribution in [0.3, 0.4) is 0 Å². The van der Waals surface area contributed by atoms with Gasteiger partial charge in [-0.1, -0.05) is 13.8 Å². The summed E-state index contributed by atoms with van der Waals surface area (Å²) in [6.45, 7) is 8.02. The Labute approximate surface area is 88.1 Å². The van der Waals surface area contributed by atoms with Gasteiger partial charge in [-0.05, 0) is 51.2 Å². The lowest BCUT2D eigenvalue weighted by molar-refractivity contribution is 0.330. The molecule has 0 unspecified atom stereocenters. The quantitative estimate of drug-likeness (QED) is 0.608. The molecular formula is C11H25NS. The van der Waals surface area contributed by atoms with Crippen LogP contribution >= 0.6 is 11.8 Å². The van der Waals surface area contributed by atoms with Gasteiger partial charge in [-0.2, -0.15) is 11.8 Å². The molecule has 0 radical (unpaired) electrons. The highest BCUT2D eigenvalue weighted by Gasteiger charge is 2.17. The predicted octanol–water partition coefficient (Wildman–Crippen LogP) is 3.30. The molecule has 0 aromatic carbocycles. The smallest absolute Gasteiger partial charge is 0.0148 e. The molecule has 0 aromatic rings. The number of unbranched alkanes of at least 4 members (excludes halogenated alkanes) is 1. The van der Waals surface area contributed by atoms with Crippen LogP contribution in [-0.4, -0.2) is 24.1 Å². The van der Waals surface area contributed by atoms with E-state index in [-0.39, 0.29) is 0 Å². The molecule has 0 atom stereocenters. The van der Waals surface area contributed by atoms with Gasteiger partial charge in [-0.15, -0.1) is 0 Å². The lowest BCUT2D eigenvalue weighted by Gasteiger charge is -2.28. The maximum atomic E-state index is 3.65. The molecule has 0 spiro atoms. The number of thioether (sulfide) groups is 1. The first-order valence-corrected chi connectivity index (χ1v) is 6.82. The fourth-order valence-electron chi connectivity index (χ4n) is 1.26. The van der Waals surface area contributed by atoms with E-state index in [1.165, 1.54) is 38.0 Å². The van der Waals surface area contributed by atoms with Crippen LogP contribution in [-0.2, 0) is 0 Å². The van der Waals surface area contributed by atoms with Crippen molar-refractivity contribution in [3.05, 3.63) is 0 Å². The van der Waals surface area contributed by atoms with Crippen molar-refractivity contribution in [3.63, 3.8) is 0 Å². The highest BCUT2D eigenvalue weighted by molar-refractivity contribution is 7.98. The van der Waals surface area contributed by atoms with E-state index in [0.717, 1.165) is 0 Å². The van der Waals surface area contributed by atoms with Gasteiger partial charge in [0, 0.05) is 5.54 Å². The number of hydrogen-bond acceptors (Lipinski definition) is 2.